The number of benzene rings is 3. The minimum atomic E-state index is 0.0807. The Bertz CT molecular complexity index is 2730. The van der Waals surface area contributed by atoms with Gasteiger partial charge in [0, 0.05) is 45.5 Å². The van der Waals surface area contributed by atoms with Gasteiger partial charge in [-0.25, -0.2) is 4.98 Å². The highest BCUT2D eigenvalue weighted by Crippen LogP contribution is 2.41. The predicted molar refractivity (Wildman–Crippen MR) is 254 cm³/mol. The molecule has 3 aliphatic rings. The number of nitrogens with zero attached hydrogens (tertiary/aromatic N) is 3. The van der Waals surface area contributed by atoms with Crippen LogP contribution in [0.1, 0.15) is 89.6 Å². The van der Waals surface area contributed by atoms with Crippen LogP contribution in [0.2, 0.25) is 0 Å². The summed E-state index contributed by atoms with van der Waals surface area (Å²) >= 11 is 0. The van der Waals surface area contributed by atoms with Gasteiger partial charge in [-0.05, 0) is 99.1 Å². The Labute approximate surface area is 356 Å². The second kappa shape index (κ2) is 18.3. The monoisotopic (exact) mass is 785 g/mol. The first kappa shape index (κ1) is 40.4. The van der Waals surface area contributed by atoms with Gasteiger partial charge < -0.3 is 4.74 Å². The largest absolute Gasteiger partial charge is 0.489 e. The molecule has 3 atom stereocenters. The van der Waals surface area contributed by atoms with Crippen molar-refractivity contribution in [3.05, 3.63) is 203 Å². The fraction of sp³-hybridized carbons (Fsp3) is 0.232. The Hall–Kier alpha value is -6.39. The molecular weight excluding hydrogens is 731 g/mol. The molecule has 0 saturated heterocycles. The van der Waals surface area contributed by atoms with E-state index in [1.54, 1.807) is 0 Å². The van der Waals surface area contributed by atoms with Gasteiger partial charge in [0.05, 0.1) is 34.0 Å². The van der Waals surface area contributed by atoms with Crippen LogP contribution in [0.15, 0.2) is 191 Å². The molecule has 3 heterocycles. The molecule has 1 aliphatic heterocycles. The maximum Gasteiger partial charge on any atom is 0.128 e. The molecule has 0 bridgehead atoms. The number of rotatable bonds is 13. The first-order valence-corrected chi connectivity index (χ1v) is 21.6. The van der Waals surface area contributed by atoms with Crippen LogP contribution in [0.5, 0.6) is 5.75 Å². The molecule has 4 heteroatoms. The first-order valence-electron chi connectivity index (χ1n) is 21.6. The number of fused-ring (bicyclic) bond motifs is 6. The summed E-state index contributed by atoms with van der Waals surface area (Å²) in [4.78, 5) is 15.9. The molecule has 0 fully saturated rings. The van der Waals surface area contributed by atoms with Crippen LogP contribution < -0.4 is 4.74 Å². The standard InChI is InChI=1S/C56H55N3O/c1-7-11-23-46(10-4)60-52-27-18-25-48-53(52)47-24-15-16-26-51(47)59-54(48)44-22-17-21-43(36-44)38(8-2)34-45(37(5)6)35-39(9-3)49-32-30-41-28-29-42-31-33-50(40-19-13-12-14-20-40)58-56(42)55(41)57-49/h7-8,11-22,24-29,31-35,41,44,46H,2,9-10,23,30,36H2,1,3-6H3/b11-7-,38-34+,39-35+. The number of allylic oxidation sites excluding steroid dienone is 14. The van der Waals surface area contributed by atoms with Crippen LogP contribution in [0.3, 0.4) is 0 Å². The molecule has 2 aromatic heterocycles. The third-order valence-corrected chi connectivity index (χ3v) is 12.0. The lowest BCUT2D eigenvalue weighted by Crippen LogP contribution is -2.22. The van der Waals surface area contributed by atoms with E-state index in [4.69, 9.17) is 19.7 Å². The SMILES string of the molecule is C=C/C(=C\C(/C=C(\CC)C1=CCC2C=Cc3ccc(-c4ccccc4)nc3C2=N1)=C(C)C)C1=CC=CC(c2nc3ccccc3c3c(OC(CC)C/C=C\C)cccc23)C1. The maximum atomic E-state index is 6.76. The summed E-state index contributed by atoms with van der Waals surface area (Å²) in [5, 5.41) is 3.39. The van der Waals surface area contributed by atoms with E-state index in [0.717, 1.165) is 105 Å². The van der Waals surface area contributed by atoms with E-state index in [9.17, 15) is 0 Å². The van der Waals surface area contributed by atoms with Crippen molar-refractivity contribution >= 4 is 33.5 Å². The van der Waals surface area contributed by atoms with Gasteiger partial charge in [-0.3, -0.25) is 9.98 Å². The van der Waals surface area contributed by atoms with E-state index >= 15 is 0 Å². The average molecular weight is 786 g/mol. The number of pyridine rings is 2. The zero-order valence-electron chi connectivity index (χ0n) is 35.7. The highest BCUT2D eigenvalue weighted by Gasteiger charge is 2.27. The van der Waals surface area contributed by atoms with E-state index in [1.165, 1.54) is 22.3 Å². The lowest BCUT2D eigenvalue weighted by molar-refractivity contribution is 0.203. The molecule has 2 aliphatic carbocycles. The van der Waals surface area contributed by atoms with Gasteiger partial charge in [0.2, 0.25) is 0 Å². The van der Waals surface area contributed by atoms with Crippen molar-refractivity contribution in [2.75, 3.05) is 0 Å². The fourth-order valence-electron chi connectivity index (χ4n) is 8.56. The van der Waals surface area contributed by atoms with E-state index in [2.05, 4.69) is 181 Å². The van der Waals surface area contributed by atoms with Crippen LogP contribution in [-0.4, -0.2) is 21.8 Å². The van der Waals surface area contributed by atoms with Crippen molar-refractivity contribution < 1.29 is 4.74 Å². The van der Waals surface area contributed by atoms with E-state index < -0.39 is 0 Å². The van der Waals surface area contributed by atoms with E-state index in [0.29, 0.717) is 0 Å². The van der Waals surface area contributed by atoms with Crippen LogP contribution in [0.25, 0.3) is 39.0 Å². The normalized spacial score (nSPS) is 18.1. The van der Waals surface area contributed by atoms with Gasteiger partial charge in [-0.1, -0.05) is 147 Å². The Morgan fingerprint density at radius 2 is 1.70 bits per heavy atom. The van der Waals surface area contributed by atoms with E-state index in [1.807, 2.05) is 12.1 Å². The number of aliphatic imine (C=N–C) groups is 1. The quantitative estimate of drug-likeness (QED) is 0.0678. The number of ether oxygens (including phenoxy) is 1. The third-order valence-electron chi connectivity index (χ3n) is 12.0. The second-order valence-electron chi connectivity index (χ2n) is 16.1. The minimum absolute atomic E-state index is 0.0807. The topological polar surface area (TPSA) is 47.4 Å². The molecule has 3 aromatic carbocycles. The van der Waals surface area contributed by atoms with Gasteiger partial charge in [0.25, 0.3) is 0 Å². The molecule has 3 unspecified atom stereocenters. The number of para-hydroxylation sites is 1. The zero-order chi connectivity index (χ0) is 41.6. The molecule has 0 spiro atoms. The van der Waals surface area contributed by atoms with Gasteiger partial charge in [0.1, 0.15) is 11.9 Å². The van der Waals surface area contributed by atoms with Crippen LogP contribution in [0.4, 0.5) is 0 Å². The molecule has 0 N–H and O–H groups in total. The summed E-state index contributed by atoms with van der Waals surface area (Å²) in [5.41, 5.74) is 14.3. The first-order chi connectivity index (χ1) is 29.4. The lowest BCUT2D eigenvalue weighted by atomic mass is 9.84. The predicted octanol–water partition coefficient (Wildman–Crippen LogP) is 14.7. The molecule has 0 saturated carbocycles. The molecule has 4 nitrogen and oxygen atoms in total. The van der Waals surface area contributed by atoms with Gasteiger partial charge in [0.15, 0.2) is 0 Å². The van der Waals surface area contributed by atoms with Gasteiger partial charge in [-0.2, -0.15) is 0 Å². The fourth-order valence-corrected chi connectivity index (χ4v) is 8.56. The summed E-state index contributed by atoms with van der Waals surface area (Å²) in [6, 6.07) is 29.6. The summed E-state index contributed by atoms with van der Waals surface area (Å²) in [6.07, 6.45) is 28.9. The smallest absolute Gasteiger partial charge is 0.128 e. The highest BCUT2D eigenvalue weighted by atomic mass is 16.5. The van der Waals surface area contributed by atoms with Crippen molar-refractivity contribution in [2.45, 2.75) is 78.7 Å². The number of hydrogen-bond acceptors (Lipinski definition) is 4. The molecular formula is C56H55N3O. The van der Waals surface area contributed by atoms with Crippen LogP contribution in [0, 0.1) is 5.92 Å². The summed E-state index contributed by atoms with van der Waals surface area (Å²) in [6.45, 7) is 15.2. The van der Waals surface area contributed by atoms with Crippen molar-refractivity contribution in [3.63, 3.8) is 0 Å². The van der Waals surface area contributed by atoms with Gasteiger partial charge >= 0.3 is 0 Å². The van der Waals surface area contributed by atoms with Crippen molar-refractivity contribution in [1.29, 1.82) is 0 Å². The number of hydrogen-bond donors (Lipinski definition) is 0. The van der Waals surface area contributed by atoms with Crippen LogP contribution >= 0.6 is 0 Å². The van der Waals surface area contributed by atoms with Crippen molar-refractivity contribution in [2.24, 2.45) is 10.9 Å². The summed E-state index contributed by atoms with van der Waals surface area (Å²) in [7, 11) is 0. The maximum absolute atomic E-state index is 6.76. The number of aromatic nitrogens is 2. The minimum Gasteiger partial charge on any atom is -0.489 e. The second-order valence-corrected chi connectivity index (χ2v) is 16.1. The van der Waals surface area contributed by atoms with Crippen LogP contribution in [-0.2, 0) is 0 Å². The molecule has 0 radical (unpaired) electrons. The molecule has 5 aromatic rings. The van der Waals surface area contributed by atoms with Crippen molar-refractivity contribution in [3.8, 4) is 17.0 Å². The molecule has 0 amide bonds. The van der Waals surface area contributed by atoms with Crippen molar-refractivity contribution in [1.82, 2.24) is 9.97 Å². The third kappa shape index (κ3) is 8.38. The molecule has 60 heavy (non-hydrogen) atoms. The lowest BCUT2D eigenvalue weighted by Gasteiger charge is -2.25. The highest BCUT2D eigenvalue weighted by molar-refractivity contribution is 6.10. The summed E-state index contributed by atoms with van der Waals surface area (Å²) in [5.74, 6) is 1.22. The Morgan fingerprint density at radius 1 is 0.883 bits per heavy atom. The van der Waals surface area contributed by atoms with Gasteiger partial charge in [-0.15, -0.1) is 0 Å². The average Bonchev–Trinajstić information content (AvgIpc) is 3.30. The Balaban J connectivity index is 1.10. The molecule has 300 valence electrons. The Morgan fingerprint density at radius 3 is 2.48 bits per heavy atom. The molecule has 8 rings (SSSR count). The zero-order valence-corrected chi connectivity index (χ0v) is 35.7. The summed E-state index contributed by atoms with van der Waals surface area (Å²) < 4.78 is 6.76. The van der Waals surface area contributed by atoms with E-state index in [-0.39, 0.29) is 17.9 Å². The Kier molecular flexibility index (Phi) is 12.3.